The predicted molar refractivity (Wildman–Crippen MR) is 70.1 cm³/mol. The summed E-state index contributed by atoms with van der Waals surface area (Å²) in [6.07, 6.45) is 8.54. The Labute approximate surface area is 103 Å². The molecule has 1 aromatic heterocycles. The molecule has 1 aromatic rings. The van der Waals surface area contributed by atoms with Crippen LogP contribution in [0.4, 0.5) is 5.82 Å². The first-order valence-electron chi connectivity index (χ1n) is 6.72. The van der Waals surface area contributed by atoms with Gasteiger partial charge < -0.3 is 10.2 Å². The van der Waals surface area contributed by atoms with Crippen molar-refractivity contribution in [1.29, 1.82) is 0 Å². The molecule has 3 rings (SSSR count). The lowest BCUT2D eigenvalue weighted by atomic mass is 9.82. The monoisotopic (exact) mass is 231 g/mol. The minimum Gasteiger partial charge on any atom is -0.367 e. The van der Waals surface area contributed by atoms with Gasteiger partial charge in [-0.1, -0.05) is 12.5 Å². The zero-order chi connectivity index (χ0) is 11.7. The van der Waals surface area contributed by atoms with Gasteiger partial charge in [-0.3, -0.25) is 0 Å². The first-order valence-corrected chi connectivity index (χ1v) is 6.72. The molecule has 2 aliphatic rings. The smallest absolute Gasteiger partial charge is 0.126 e. The van der Waals surface area contributed by atoms with Crippen molar-refractivity contribution in [3.8, 4) is 0 Å². The Bertz CT molecular complexity index is 351. The van der Waals surface area contributed by atoms with Gasteiger partial charge in [-0.15, -0.1) is 0 Å². The molecular formula is C14H21N3. The summed E-state index contributed by atoms with van der Waals surface area (Å²) in [6, 6.07) is 8.25. The second-order valence-electron chi connectivity index (χ2n) is 5.43. The summed E-state index contributed by atoms with van der Waals surface area (Å²) < 4.78 is 0. The van der Waals surface area contributed by atoms with Crippen molar-refractivity contribution in [2.24, 2.45) is 0 Å². The highest BCUT2D eigenvalue weighted by atomic mass is 15.2. The molecule has 17 heavy (non-hydrogen) atoms. The van der Waals surface area contributed by atoms with E-state index < -0.39 is 0 Å². The number of piperidine rings is 2. The molecule has 3 heteroatoms. The van der Waals surface area contributed by atoms with Crippen LogP contribution in [0.25, 0.3) is 0 Å². The van der Waals surface area contributed by atoms with Crippen LogP contribution in [-0.2, 0) is 0 Å². The molecule has 0 radical (unpaired) electrons. The van der Waals surface area contributed by atoms with Crippen LogP contribution in [0.5, 0.6) is 0 Å². The molecule has 2 fully saturated rings. The number of hydrogen-bond donors (Lipinski definition) is 1. The molecule has 3 nitrogen and oxygen atoms in total. The lowest BCUT2D eigenvalue weighted by molar-refractivity contribution is 0.0608. The van der Waals surface area contributed by atoms with Crippen LogP contribution in [0.2, 0.25) is 0 Å². The van der Waals surface area contributed by atoms with Crippen LogP contribution >= 0.6 is 0 Å². The van der Waals surface area contributed by atoms with Crippen molar-refractivity contribution in [3.05, 3.63) is 24.4 Å². The van der Waals surface area contributed by atoms with E-state index in [-0.39, 0.29) is 0 Å². The molecule has 2 saturated heterocycles. The lowest BCUT2D eigenvalue weighted by Gasteiger charge is -2.47. The van der Waals surface area contributed by atoms with E-state index in [4.69, 9.17) is 0 Å². The first kappa shape index (κ1) is 11.0. The maximum atomic E-state index is 4.36. The molecule has 0 saturated carbocycles. The summed E-state index contributed by atoms with van der Waals surface area (Å²) in [4.78, 5) is 6.96. The zero-order valence-electron chi connectivity index (χ0n) is 10.5. The van der Waals surface area contributed by atoms with Crippen molar-refractivity contribution in [1.82, 2.24) is 9.88 Å². The third-order valence-electron chi connectivity index (χ3n) is 4.36. The molecule has 3 heterocycles. The van der Waals surface area contributed by atoms with Gasteiger partial charge in [0, 0.05) is 24.3 Å². The maximum absolute atomic E-state index is 4.36. The van der Waals surface area contributed by atoms with Crippen molar-refractivity contribution in [2.75, 3.05) is 12.4 Å². The lowest BCUT2D eigenvalue weighted by Crippen LogP contribution is -2.52. The van der Waals surface area contributed by atoms with E-state index in [0.717, 1.165) is 17.9 Å². The Balaban J connectivity index is 1.66. The highest BCUT2D eigenvalue weighted by molar-refractivity contribution is 5.34. The maximum Gasteiger partial charge on any atom is 0.126 e. The first-order chi connectivity index (χ1) is 8.33. The number of nitrogens with one attached hydrogen (secondary N) is 1. The number of fused-ring (bicyclic) bond motifs is 2. The quantitative estimate of drug-likeness (QED) is 0.847. The van der Waals surface area contributed by atoms with E-state index in [1.165, 1.54) is 32.1 Å². The van der Waals surface area contributed by atoms with E-state index in [0.29, 0.717) is 6.04 Å². The normalized spacial score (nSPS) is 33.4. The molecule has 2 aliphatic heterocycles. The summed E-state index contributed by atoms with van der Waals surface area (Å²) in [7, 11) is 2.30. The summed E-state index contributed by atoms with van der Waals surface area (Å²) in [5.74, 6) is 1.03. The minimum atomic E-state index is 0.608. The Morgan fingerprint density at radius 2 is 2.00 bits per heavy atom. The molecule has 0 aromatic carbocycles. The molecule has 0 aliphatic carbocycles. The highest BCUT2D eigenvalue weighted by Crippen LogP contribution is 2.33. The van der Waals surface area contributed by atoms with Gasteiger partial charge in [0.15, 0.2) is 0 Å². The number of rotatable bonds is 2. The molecule has 3 atom stereocenters. The summed E-state index contributed by atoms with van der Waals surface area (Å²) in [5, 5.41) is 3.59. The van der Waals surface area contributed by atoms with Gasteiger partial charge in [0.05, 0.1) is 0 Å². The van der Waals surface area contributed by atoms with E-state index in [1.54, 1.807) is 0 Å². The predicted octanol–water partition coefficient (Wildman–Crippen LogP) is 2.51. The topological polar surface area (TPSA) is 28.2 Å². The van der Waals surface area contributed by atoms with Gasteiger partial charge in [0.2, 0.25) is 0 Å². The van der Waals surface area contributed by atoms with Crippen molar-refractivity contribution in [2.45, 2.75) is 50.2 Å². The fraction of sp³-hybridized carbons (Fsp3) is 0.643. The zero-order valence-corrected chi connectivity index (χ0v) is 10.5. The Morgan fingerprint density at radius 1 is 1.24 bits per heavy atom. The van der Waals surface area contributed by atoms with Crippen molar-refractivity contribution >= 4 is 5.82 Å². The van der Waals surface area contributed by atoms with Crippen LogP contribution < -0.4 is 5.32 Å². The molecule has 0 amide bonds. The average Bonchev–Trinajstić information content (AvgIpc) is 2.32. The van der Waals surface area contributed by atoms with Crippen LogP contribution in [0, 0.1) is 0 Å². The van der Waals surface area contributed by atoms with Crippen LogP contribution in [0.3, 0.4) is 0 Å². The SMILES string of the molecule is CN1C2CCC[C@@H]1CC(Nc1ccccn1)C2. The average molecular weight is 231 g/mol. The summed E-state index contributed by atoms with van der Waals surface area (Å²) in [6.45, 7) is 0. The fourth-order valence-electron chi connectivity index (χ4n) is 3.39. The van der Waals surface area contributed by atoms with Crippen molar-refractivity contribution < 1.29 is 0 Å². The molecular weight excluding hydrogens is 210 g/mol. The van der Waals surface area contributed by atoms with Gasteiger partial charge >= 0.3 is 0 Å². The second kappa shape index (κ2) is 4.65. The van der Waals surface area contributed by atoms with Gasteiger partial charge in [0.1, 0.15) is 5.82 Å². The van der Waals surface area contributed by atoms with Crippen LogP contribution in [0.15, 0.2) is 24.4 Å². The number of pyridine rings is 1. The number of hydrogen-bond acceptors (Lipinski definition) is 3. The Hall–Kier alpha value is -1.09. The van der Waals surface area contributed by atoms with E-state index >= 15 is 0 Å². The molecule has 2 unspecified atom stereocenters. The number of nitrogens with zero attached hydrogens (tertiary/aromatic N) is 2. The largest absolute Gasteiger partial charge is 0.367 e. The van der Waals surface area contributed by atoms with Crippen LogP contribution in [-0.4, -0.2) is 35.1 Å². The molecule has 0 spiro atoms. The van der Waals surface area contributed by atoms with Crippen LogP contribution in [0.1, 0.15) is 32.1 Å². The van der Waals surface area contributed by atoms with Crippen molar-refractivity contribution in [3.63, 3.8) is 0 Å². The standard InChI is InChI=1S/C14H21N3/c1-17-12-5-4-6-13(17)10-11(9-12)16-14-7-2-3-8-15-14/h2-3,7-8,11-13H,4-6,9-10H2,1H3,(H,15,16)/t11?,12-,13?/m1/s1. The second-order valence-corrected chi connectivity index (χ2v) is 5.43. The van der Waals surface area contributed by atoms with Gasteiger partial charge in [-0.25, -0.2) is 4.98 Å². The molecule has 1 N–H and O–H groups in total. The molecule has 92 valence electrons. The highest BCUT2D eigenvalue weighted by Gasteiger charge is 2.35. The van der Waals surface area contributed by atoms with E-state index in [2.05, 4.69) is 28.3 Å². The molecule has 2 bridgehead atoms. The number of aromatic nitrogens is 1. The Morgan fingerprint density at radius 3 is 2.65 bits per heavy atom. The summed E-state index contributed by atoms with van der Waals surface area (Å²) in [5.41, 5.74) is 0. The third kappa shape index (κ3) is 2.29. The van der Waals surface area contributed by atoms with E-state index in [9.17, 15) is 0 Å². The fourth-order valence-corrected chi connectivity index (χ4v) is 3.39. The van der Waals surface area contributed by atoms with E-state index in [1.807, 2.05) is 18.3 Å². The van der Waals surface area contributed by atoms with Gasteiger partial charge in [-0.2, -0.15) is 0 Å². The van der Waals surface area contributed by atoms with Gasteiger partial charge in [-0.05, 0) is 44.9 Å². The summed E-state index contributed by atoms with van der Waals surface area (Å²) >= 11 is 0. The van der Waals surface area contributed by atoms with Gasteiger partial charge in [0.25, 0.3) is 0 Å². The minimum absolute atomic E-state index is 0.608. The third-order valence-corrected chi connectivity index (χ3v) is 4.36. The Kier molecular flexibility index (Phi) is 3.02. The number of anilines is 1.